The largest absolute Gasteiger partial charge is 0.462 e. The Morgan fingerprint density at radius 1 is 0.422 bits per heavy atom. The van der Waals surface area contributed by atoms with Crippen molar-refractivity contribution in [1.29, 1.82) is 0 Å². The molecule has 4 unspecified atom stereocenters. The van der Waals surface area contributed by atoms with Crippen LogP contribution in [-0.2, 0) is 76.3 Å². The molecule has 0 heterocycles. The third kappa shape index (κ3) is 15.8. The molecule has 256 valence electrons. The fourth-order valence-corrected chi connectivity index (χ4v) is 2.75. The predicted octanol–water partition coefficient (Wildman–Crippen LogP) is -4.16. The lowest BCUT2D eigenvalue weighted by atomic mass is 9.92. The quantitative estimate of drug-likeness (QED) is 0.0714. The molecular weight excluding hydrogens is 620 g/mol. The maximum Gasteiger partial charge on any atom is 0.347 e. The van der Waals surface area contributed by atoms with Crippen molar-refractivity contribution < 1.29 is 96.7 Å². The van der Waals surface area contributed by atoms with Crippen molar-refractivity contribution in [2.45, 2.75) is 52.1 Å². The number of rotatable bonds is 20. The van der Waals surface area contributed by atoms with Crippen LogP contribution in [0.2, 0.25) is 0 Å². The second-order valence-electron chi connectivity index (χ2n) is 9.09. The molecule has 0 saturated carbocycles. The van der Waals surface area contributed by atoms with Crippen molar-refractivity contribution in [3.05, 3.63) is 0 Å². The summed E-state index contributed by atoms with van der Waals surface area (Å²) in [6.45, 7) is -3.65. The van der Waals surface area contributed by atoms with Gasteiger partial charge in [0, 0.05) is 0 Å². The van der Waals surface area contributed by atoms with E-state index in [0.717, 1.165) is 27.7 Å². The van der Waals surface area contributed by atoms with Crippen LogP contribution >= 0.6 is 0 Å². The van der Waals surface area contributed by atoms with Gasteiger partial charge >= 0.3 is 47.8 Å². The smallest absolute Gasteiger partial charge is 0.347 e. The topological polar surface area (TPSA) is 291 Å². The van der Waals surface area contributed by atoms with Gasteiger partial charge in [0.15, 0.2) is 24.4 Å². The van der Waals surface area contributed by atoms with Gasteiger partial charge in [-0.3, -0.25) is 0 Å². The highest BCUT2D eigenvalue weighted by molar-refractivity contribution is 5.81. The van der Waals surface area contributed by atoms with E-state index in [1.54, 1.807) is 0 Å². The molecule has 0 spiro atoms. The predicted molar refractivity (Wildman–Crippen MR) is 137 cm³/mol. The van der Waals surface area contributed by atoms with Crippen LogP contribution in [0.15, 0.2) is 0 Å². The van der Waals surface area contributed by atoms with E-state index >= 15 is 0 Å². The highest BCUT2D eigenvalue weighted by Crippen LogP contribution is 2.23. The molecule has 0 aliphatic carbocycles. The van der Waals surface area contributed by atoms with E-state index in [2.05, 4.69) is 18.9 Å². The van der Waals surface area contributed by atoms with E-state index in [0.29, 0.717) is 0 Å². The average Bonchev–Trinajstić information content (AvgIpc) is 3.02. The van der Waals surface area contributed by atoms with Gasteiger partial charge in [0.25, 0.3) is 0 Å². The van der Waals surface area contributed by atoms with Crippen molar-refractivity contribution >= 4 is 47.8 Å². The van der Waals surface area contributed by atoms with Gasteiger partial charge < -0.3 is 58.3 Å². The molecule has 0 aromatic rings. The van der Waals surface area contributed by atoms with Crippen molar-refractivity contribution in [3.8, 4) is 0 Å². The summed E-state index contributed by atoms with van der Waals surface area (Å²) in [6.07, 6.45) is -6.38. The minimum absolute atomic E-state index is 0.916. The molecule has 0 saturated heterocycles. The Morgan fingerprint density at radius 2 is 0.600 bits per heavy atom. The third-order valence-corrected chi connectivity index (χ3v) is 5.16. The maximum absolute atomic E-state index is 12.5. The minimum Gasteiger partial charge on any atom is -0.462 e. The zero-order valence-electron chi connectivity index (χ0n) is 24.8. The number of carbonyl (C=O) groups is 8. The van der Waals surface area contributed by atoms with Gasteiger partial charge in [0.2, 0.25) is 0 Å². The first kappa shape index (κ1) is 40.6. The summed E-state index contributed by atoms with van der Waals surface area (Å²) in [5.74, 6) is -9.68. The van der Waals surface area contributed by atoms with Crippen LogP contribution in [0, 0.1) is 5.41 Å². The first-order valence-corrected chi connectivity index (χ1v) is 12.9. The Labute approximate surface area is 255 Å². The van der Waals surface area contributed by atoms with Crippen LogP contribution in [0.25, 0.3) is 0 Å². The molecule has 4 N–H and O–H groups in total. The lowest BCUT2D eigenvalue weighted by Crippen LogP contribution is -2.46. The van der Waals surface area contributed by atoms with E-state index in [1.165, 1.54) is 0 Å². The Balaban J connectivity index is 6.26. The lowest BCUT2D eigenvalue weighted by molar-refractivity contribution is -0.188. The molecule has 0 amide bonds. The maximum atomic E-state index is 12.5. The molecule has 4 atom stereocenters. The Kier molecular flexibility index (Phi) is 18.5. The Hall–Kier alpha value is -4.40. The van der Waals surface area contributed by atoms with Gasteiger partial charge in [-0.05, 0) is 27.7 Å². The van der Waals surface area contributed by atoms with Gasteiger partial charge in [0.1, 0.15) is 58.3 Å². The second-order valence-corrected chi connectivity index (χ2v) is 9.09. The van der Waals surface area contributed by atoms with Crippen molar-refractivity contribution in [1.82, 2.24) is 0 Å². The molecule has 0 aliphatic heterocycles. The average molecular weight is 657 g/mol. The summed E-state index contributed by atoms with van der Waals surface area (Å²) in [6, 6.07) is 0. The molecule has 20 heteroatoms. The van der Waals surface area contributed by atoms with Crippen LogP contribution in [0.1, 0.15) is 27.7 Å². The minimum atomic E-state index is -2.01. The number of aliphatic hydroxyl groups excluding tert-OH is 4. The fourth-order valence-electron chi connectivity index (χ4n) is 2.75. The van der Waals surface area contributed by atoms with Crippen molar-refractivity contribution in [2.75, 3.05) is 52.9 Å². The molecule has 45 heavy (non-hydrogen) atoms. The number of hydrogen-bond acceptors (Lipinski definition) is 20. The molecule has 0 aromatic carbocycles. The summed E-state index contributed by atoms with van der Waals surface area (Å²) in [4.78, 5) is 95.3. The summed E-state index contributed by atoms with van der Waals surface area (Å²) >= 11 is 0. The monoisotopic (exact) mass is 656 g/mol. The van der Waals surface area contributed by atoms with Crippen LogP contribution in [0.3, 0.4) is 0 Å². The van der Waals surface area contributed by atoms with Gasteiger partial charge in [-0.25, -0.2) is 38.4 Å². The second kappa shape index (κ2) is 20.5. The normalized spacial score (nSPS) is 14.6. The van der Waals surface area contributed by atoms with Crippen LogP contribution in [-0.4, -0.2) is 145 Å². The zero-order valence-corrected chi connectivity index (χ0v) is 24.8. The highest BCUT2D eigenvalue weighted by atomic mass is 16.6. The van der Waals surface area contributed by atoms with Crippen molar-refractivity contribution in [2.24, 2.45) is 5.41 Å². The molecule has 0 radical (unpaired) electrons. The van der Waals surface area contributed by atoms with E-state index in [-0.39, 0.29) is 0 Å². The molecule has 20 nitrogen and oxygen atoms in total. The van der Waals surface area contributed by atoms with Gasteiger partial charge in [0.05, 0.1) is 0 Å². The number of carbonyl (C=O) groups excluding carboxylic acids is 8. The van der Waals surface area contributed by atoms with E-state index < -0.39 is 130 Å². The van der Waals surface area contributed by atoms with Crippen molar-refractivity contribution in [3.63, 3.8) is 0 Å². The zero-order chi connectivity index (χ0) is 34.7. The number of ether oxygens (including phenoxy) is 8. The highest BCUT2D eigenvalue weighted by Gasteiger charge is 2.40. The van der Waals surface area contributed by atoms with Gasteiger partial charge in [-0.2, -0.15) is 0 Å². The summed E-state index contributed by atoms with van der Waals surface area (Å²) < 4.78 is 39.0. The summed E-state index contributed by atoms with van der Waals surface area (Å²) in [7, 11) is 0. The van der Waals surface area contributed by atoms with E-state index in [9.17, 15) is 38.4 Å². The van der Waals surface area contributed by atoms with Crippen LogP contribution < -0.4 is 0 Å². The standard InChI is InChI=1S/C25H36O20/c1-13(42-17(30)5-26)21(34)38-9-25(10-39-22(35)14(2)43-18(31)6-27,11-40-23(36)15(3)44-19(32)7-28)12-41-24(37)16(4)45-20(33)8-29/h13-16,26-29H,5-12H2,1-4H3. The Morgan fingerprint density at radius 3 is 0.756 bits per heavy atom. The van der Waals surface area contributed by atoms with Crippen LogP contribution in [0.5, 0.6) is 0 Å². The SMILES string of the molecule is CC(OC(=O)CO)C(=O)OCC(COC(=O)C(C)OC(=O)CO)(COC(=O)C(C)OC(=O)CO)COC(=O)C(C)OC(=O)CO. The third-order valence-electron chi connectivity index (χ3n) is 5.16. The number of hydrogen-bond donors (Lipinski definition) is 4. The molecule has 0 bridgehead atoms. The molecule has 0 rings (SSSR count). The fraction of sp³-hybridized carbons (Fsp3) is 0.680. The number of aliphatic hydroxyl groups is 4. The van der Waals surface area contributed by atoms with Gasteiger partial charge in [-0.15, -0.1) is 0 Å². The van der Waals surface area contributed by atoms with E-state index in [1.807, 2.05) is 0 Å². The first-order chi connectivity index (χ1) is 21.0. The van der Waals surface area contributed by atoms with Gasteiger partial charge in [-0.1, -0.05) is 0 Å². The van der Waals surface area contributed by atoms with E-state index in [4.69, 9.17) is 39.4 Å². The lowest BCUT2D eigenvalue weighted by Gasteiger charge is -2.32. The summed E-state index contributed by atoms with van der Waals surface area (Å²) in [5, 5.41) is 35.3. The Bertz CT molecular complexity index is 888. The molecule has 0 fully saturated rings. The molecular formula is C25H36O20. The molecule has 0 aromatic heterocycles. The van der Waals surface area contributed by atoms with Crippen LogP contribution in [0.4, 0.5) is 0 Å². The summed E-state index contributed by atoms with van der Waals surface area (Å²) in [5.41, 5.74) is -2.01. The molecule has 0 aliphatic rings. The number of esters is 8. The first-order valence-electron chi connectivity index (χ1n) is 12.9.